The van der Waals surface area contributed by atoms with Gasteiger partial charge in [0.15, 0.2) is 11.5 Å². The second-order valence-electron chi connectivity index (χ2n) is 6.77. The summed E-state index contributed by atoms with van der Waals surface area (Å²) in [6.07, 6.45) is 15.6. The fraction of sp³-hybridized carbons (Fsp3) is 0.417. The van der Waals surface area contributed by atoms with Crippen LogP contribution in [0.3, 0.4) is 0 Å². The Kier molecular flexibility index (Phi) is 8.49. The molecule has 0 amide bonds. The van der Waals surface area contributed by atoms with Crippen LogP contribution >= 0.6 is 0 Å². The molecule has 0 unspecified atom stereocenters. The third-order valence-corrected chi connectivity index (χ3v) is 4.82. The first-order valence-electron chi connectivity index (χ1n) is 9.81. The van der Waals surface area contributed by atoms with Gasteiger partial charge >= 0.3 is 0 Å². The average Bonchev–Trinajstić information content (AvgIpc) is 2.78. The molecule has 1 aromatic carbocycles. The van der Waals surface area contributed by atoms with Gasteiger partial charge < -0.3 is 18.9 Å². The van der Waals surface area contributed by atoms with Crippen molar-refractivity contribution in [3.05, 3.63) is 23.3 Å². The first-order chi connectivity index (χ1) is 14.8. The van der Waals surface area contributed by atoms with Crippen LogP contribution in [-0.4, -0.2) is 62.4 Å². The molecule has 0 saturated carbocycles. The topological polar surface area (TPSA) is 43.4 Å². The molecule has 1 aromatic rings. The van der Waals surface area contributed by atoms with E-state index < -0.39 is 0 Å². The lowest BCUT2D eigenvalue weighted by Gasteiger charge is -2.29. The van der Waals surface area contributed by atoms with Crippen LogP contribution in [0.2, 0.25) is 0 Å². The van der Waals surface area contributed by atoms with E-state index in [1.54, 1.807) is 0 Å². The first-order valence-corrected chi connectivity index (χ1v) is 9.81. The number of hydrogen-bond donors (Lipinski definition) is 0. The number of nitrogens with zero attached hydrogens (tertiary/aromatic N) is 2. The van der Waals surface area contributed by atoms with Crippen molar-refractivity contribution in [1.29, 1.82) is 0 Å². The van der Waals surface area contributed by atoms with Crippen LogP contribution in [0.5, 0.6) is 11.5 Å². The number of benzene rings is 1. The third kappa shape index (κ3) is 6.20. The van der Waals surface area contributed by atoms with Crippen LogP contribution in [-0.2, 0) is 22.6 Å². The molecule has 0 bridgehead atoms. The minimum absolute atomic E-state index is 0.515. The second kappa shape index (κ2) is 11.8. The van der Waals surface area contributed by atoms with E-state index in [9.17, 15) is 0 Å². The smallest absolute Gasteiger partial charge is 0.188 e. The van der Waals surface area contributed by atoms with Crippen LogP contribution in [0.15, 0.2) is 12.1 Å². The Morgan fingerprint density at radius 3 is 1.50 bits per heavy atom. The van der Waals surface area contributed by atoms with Crippen molar-refractivity contribution in [2.24, 2.45) is 0 Å². The van der Waals surface area contributed by atoms with E-state index in [-0.39, 0.29) is 0 Å². The highest BCUT2D eigenvalue weighted by Crippen LogP contribution is 2.37. The molecule has 0 aliphatic carbocycles. The van der Waals surface area contributed by atoms with E-state index in [4.69, 9.17) is 31.8 Å². The Morgan fingerprint density at radius 2 is 1.13 bits per heavy atom. The van der Waals surface area contributed by atoms with E-state index in [1.807, 2.05) is 12.1 Å². The summed E-state index contributed by atoms with van der Waals surface area (Å²) in [7, 11) is 0. The Labute approximate surface area is 178 Å². The maximum Gasteiger partial charge on any atom is 0.188 e. The highest BCUT2D eigenvalue weighted by atomic mass is 16.5. The molecule has 30 heavy (non-hydrogen) atoms. The lowest BCUT2D eigenvalue weighted by atomic mass is 10.1. The molecule has 2 aliphatic heterocycles. The molecule has 0 atom stereocenters. The zero-order valence-corrected chi connectivity index (χ0v) is 16.9. The predicted octanol–water partition coefficient (Wildman–Crippen LogP) is 1.30. The average molecular weight is 404 g/mol. The summed E-state index contributed by atoms with van der Waals surface area (Å²) in [4.78, 5) is 4.58. The molecule has 0 radical (unpaired) electrons. The van der Waals surface area contributed by atoms with Crippen LogP contribution in [0.1, 0.15) is 11.1 Å². The molecule has 0 spiro atoms. The van der Waals surface area contributed by atoms with Crippen LogP contribution in [0.4, 0.5) is 0 Å². The van der Waals surface area contributed by atoms with Gasteiger partial charge in [0.05, 0.1) is 26.4 Å². The molecule has 2 saturated heterocycles. The minimum Gasteiger partial charge on any atom is -0.402 e. The fourth-order valence-corrected chi connectivity index (χ4v) is 3.33. The van der Waals surface area contributed by atoms with Crippen molar-refractivity contribution in [1.82, 2.24) is 9.80 Å². The summed E-state index contributed by atoms with van der Waals surface area (Å²) in [5, 5.41) is 0. The van der Waals surface area contributed by atoms with E-state index in [1.165, 1.54) is 0 Å². The van der Waals surface area contributed by atoms with Crippen LogP contribution in [0, 0.1) is 48.7 Å². The van der Waals surface area contributed by atoms with E-state index in [2.05, 4.69) is 45.7 Å². The highest BCUT2D eigenvalue weighted by Gasteiger charge is 2.22. The summed E-state index contributed by atoms with van der Waals surface area (Å²) >= 11 is 0. The fourth-order valence-electron chi connectivity index (χ4n) is 3.33. The van der Waals surface area contributed by atoms with Crippen molar-refractivity contribution < 1.29 is 18.9 Å². The van der Waals surface area contributed by atoms with Crippen molar-refractivity contribution in [3.8, 4) is 60.2 Å². The van der Waals surface area contributed by atoms with Crippen molar-refractivity contribution in [2.75, 3.05) is 52.6 Å². The zero-order chi connectivity index (χ0) is 21.0. The van der Waals surface area contributed by atoms with Crippen molar-refractivity contribution in [3.63, 3.8) is 0 Å². The predicted molar refractivity (Wildman–Crippen MR) is 113 cm³/mol. The number of hydrogen-bond acceptors (Lipinski definition) is 6. The monoisotopic (exact) mass is 404 g/mol. The molecule has 154 valence electrons. The molecular formula is C24H24N2O4. The van der Waals surface area contributed by atoms with Gasteiger partial charge in [-0.1, -0.05) is 12.1 Å². The Morgan fingerprint density at radius 1 is 0.733 bits per heavy atom. The standard InChI is InChI=1S/C24H24N2O4/c1-3-5-13-29-23-21(19-25-9-15-27-16-10-25)7-8-22(24(23)30-14-6-4-2)20-26-11-17-28-18-12-26/h1-2,7-8H,9-12,15-20H2. The first kappa shape index (κ1) is 21.6. The maximum atomic E-state index is 5.76. The van der Waals surface area contributed by atoms with E-state index in [0.717, 1.165) is 37.3 Å². The van der Waals surface area contributed by atoms with Gasteiger partial charge in [0.1, 0.15) is 12.2 Å². The second-order valence-corrected chi connectivity index (χ2v) is 6.77. The largest absolute Gasteiger partial charge is 0.402 e. The highest BCUT2D eigenvalue weighted by molar-refractivity contribution is 5.54. The van der Waals surface area contributed by atoms with Gasteiger partial charge in [-0.2, -0.15) is 0 Å². The van der Waals surface area contributed by atoms with E-state index in [0.29, 0.717) is 51.0 Å². The van der Waals surface area contributed by atoms with Crippen LogP contribution in [0.25, 0.3) is 0 Å². The lowest BCUT2D eigenvalue weighted by Crippen LogP contribution is -2.36. The van der Waals surface area contributed by atoms with Crippen LogP contribution < -0.4 is 9.47 Å². The zero-order valence-electron chi connectivity index (χ0n) is 16.9. The summed E-state index contributed by atoms with van der Waals surface area (Å²) in [5.74, 6) is 10.5. The maximum absolute atomic E-state index is 5.76. The van der Waals surface area contributed by atoms with Gasteiger partial charge in [0.2, 0.25) is 0 Å². The normalized spacial score (nSPS) is 16.7. The van der Waals surface area contributed by atoms with Gasteiger partial charge in [-0.05, 0) is 11.8 Å². The molecule has 0 aromatic heterocycles. The molecule has 2 fully saturated rings. The number of morpholine rings is 2. The molecule has 0 N–H and O–H groups in total. The lowest BCUT2D eigenvalue weighted by molar-refractivity contribution is 0.0333. The third-order valence-electron chi connectivity index (χ3n) is 4.82. The number of rotatable bonds is 6. The molecular weight excluding hydrogens is 380 g/mol. The summed E-state index contributed by atoms with van der Waals surface area (Å²) in [6, 6.07) is 4.08. The quantitative estimate of drug-likeness (QED) is 0.666. The van der Waals surface area contributed by atoms with Gasteiger partial charge in [-0.15, -0.1) is 12.8 Å². The summed E-state index contributed by atoms with van der Waals surface area (Å²) in [5.41, 5.74) is 1.87. The Bertz CT molecular complexity index is 848. The Balaban J connectivity index is 1.95. The summed E-state index contributed by atoms with van der Waals surface area (Å²) < 4.78 is 22.4. The van der Waals surface area contributed by atoms with Gasteiger partial charge in [0, 0.05) is 62.2 Å². The molecule has 6 heteroatoms. The number of ether oxygens (including phenoxy) is 4. The van der Waals surface area contributed by atoms with Crippen molar-refractivity contribution >= 4 is 0 Å². The molecule has 2 heterocycles. The van der Waals surface area contributed by atoms with Gasteiger partial charge in [0.25, 0.3) is 0 Å². The molecule has 6 nitrogen and oxygen atoms in total. The SMILES string of the molecule is C#CC#COc1c(CN2CCOCC2)ccc(CN2CCOCC2)c1OC#CC#C. The van der Waals surface area contributed by atoms with Gasteiger partial charge in [-0.25, -0.2) is 0 Å². The van der Waals surface area contributed by atoms with Gasteiger partial charge in [-0.3, -0.25) is 9.80 Å². The van der Waals surface area contributed by atoms with Crippen molar-refractivity contribution in [2.45, 2.75) is 13.1 Å². The summed E-state index contributed by atoms with van der Waals surface area (Å²) in [6.45, 7) is 7.56. The van der Waals surface area contributed by atoms with E-state index >= 15 is 0 Å². The number of terminal acetylenes is 2. The molecule has 2 aliphatic rings. The molecule has 3 rings (SSSR count). The Hall–Kier alpha value is -3.10. The minimum atomic E-state index is 0.515.